The van der Waals surface area contributed by atoms with Gasteiger partial charge in [0.15, 0.2) is 5.96 Å². The van der Waals surface area contributed by atoms with Crippen LogP contribution in [0.5, 0.6) is 0 Å². The monoisotopic (exact) mass is 363 g/mol. The van der Waals surface area contributed by atoms with Crippen molar-refractivity contribution in [3.8, 4) is 0 Å². The Morgan fingerprint density at radius 3 is 2.65 bits per heavy atom. The molecule has 1 heterocycles. The van der Waals surface area contributed by atoms with Gasteiger partial charge in [0.25, 0.3) is 0 Å². The number of aliphatic imine (C=N–C) groups is 1. The summed E-state index contributed by atoms with van der Waals surface area (Å²) >= 11 is 0. The van der Waals surface area contributed by atoms with Crippen LogP contribution in [-0.2, 0) is 20.8 Å². The van der Waals surface area contributed by atoms with Gasteiger partial charge < -0.3 is 24.8 Å². The Balaban J connectivity index is 1.39. The highest BCUT2D eigenvalue weighted by Crippen LogP contribution is 2.07. The Hall–Kier alpha value is -1.63. The summed E-state index contributed by atoms with van der Waals surface area (Å²) in [5, 5.41) is 6.65. The number of nitrogens with one attached hydrogen (secondary N) is 2. The van der Waals surface area contributed by atoms with E-state index in [4.69, 9.17) is 14.2 Å². The predicted octanol–water partition coefficient (Wildman–Crippen LogP) is 2.34. The third kappa shape index (κ3) is 9.17. The molecule has 1 aliphatic rings. The molecule has 0 bridgehead atoms. The van der Waals surface area contributed by atoms with Gasteiger partial charge in [-0.3, -0.25) is 4.99 Å². The van der Waals surface area contributed by atoms with E-state index in [-0.39, 0.29) is 6.10 Å². The molecule has 1 saturated heterocycles. The predicted molar refractivity (Wildman–Crippen MR) is 104 cm³/mol. The van der Waals surface area contributed by atoms with Crippen LogP contribution in [0.2, 0.25) is 0 Å². The van der Waals surface area contributed by atoms with Gasteiger partial charge in [-0.2, -0.15) is 0 Å². The standard InChI is InChI=1S/C20H33N3O3/c1-21-20(23-12-7-14-26-19-10-15-25-17-19)22-11-5-6-13-24-16-18-8-3-2-4-9-18/h2-4,8-9,19H,5-7,10-17H2,1H3,(H2,21,22,23). The minimum Gasteiger partial charge on any atom is -0.379 e. The molecule has 2 rings (SSSR count). The van der Waals surface area contributed by atoms with Gasteiger partial charge >= 0.3 is 0 Å². The highest BCUT2D eigenvalue weighted by Gasteiger charge is 2.15. The molecule has 1 fully saturated rings. The molecule has 1 aliphatic heterocycles. The van der Waals surface area contributed by atoms with E-state index in [2.05, 4.69) is 27.8 Å². The second-order valence-corrected chi connectivity index (χ2v) is 6.38. The molecule has 0 radical (unpaired) electrons. The lowest BCUT2D eigenvalue weighted by atomic mass is 10.2. The van der Waals surface area contributed by atoms with Crippen molar-refractivity contribution in [2.75, 3.05) is 46.6 Å². The van der Waals surface area contributed by atoms with Crippen molar-refractivity contribution >= 4 is 5.96 Å². The Morgan fingerprint density at radius 1 is 1.12 bits per heavy atom. The molecule has 2 N–H and O–H groups in total. The van der Waals surface area contributed by atoms with Crippen LogP contribution in [0.15, 0.2) is 35.3 Å². The maximum absolute atomic E-state index is 5.75. The number of hydrogen-bond acceptors (Lipinski definition) is 4. The molecule has 0 aromatic heterocycles. The highest BCUT2D eigenvalue weighted by molar-refractivity contribution is 5.79. The van der Waals surface area contributed by atoms with Crippen LogP contribution in [0.4, 0.5) is 0 Å². The van der Waals surface area contributed by atoms with E-state index in [0.717, 1.165) is 71.2 Å². The van der Waals surface area contributed by atoms with Crippen molar-refractivity contribution in [2.45, 2.75) is 38.4 Å². The van der Waals surface area contributed by atoms with Crippen molar-refractivity contribution in [1.82, 2.24) is 10.6 Å². The molecule has 6 heteroatoms. The Morgan fingerprint density at radius 2 is 1.92 bits per heavy atom. The van der Waals surface area contributed by atoms with Crippen LogP contribution in [0, 0.1) is 0 Å². The van der Waals surface area contributed by atoms with Crippen LogP contribution < -0.4 is 10.6 Å². The lowest BCUT2D eigenvalue weighted by Crippen LogP contribution is -2.38. The van der Waals surface area contributed by atoms with Crippen molar-refractivity contribution in [3.05, 3.63) is 35.9 Å². The smallest absolute Gasteiger partial charge is 0.190 e. The minimum atomic E-state index is 0.288. The molecule has 1 atom stereocenters. The molecule has 6 nitrogen and oxygen atoms in total. The Labute approximate surface area is 157 Å². The van der Waals surface area contributed by atoms with Crippen LogP contribution in [0.1, 0.15) is 31.2 Å². The average Bonchev–Trinajstić information content (AvgIpc) is 3.19. The second-order valence-electron chi connectivity index (χ2n) is 6.38. The summed E-state index contributed by atoms with van der Waals surface area (Å²) in [6.07, 6.45) is 4.36. The van der Waals surface area contributed by atoms with Gasteiger partial charge in [0.05, 0.1) is 19.3 Å². The van der Waals surface area contributed by atoms with Crippen LogP contribution in [0.25, 0.3) is 0 Å². The van der Waals surface area contributed by atoms with E-state index in [9.17, 15) is 0 Å². The summed E-state index contributed by atoms with van der Waals surface area (Å²) in [6.45, 7) is 5.55. The number of rotatable bonds is 12. The summed E-state index contributed by atoms with van der Waals surface area (Å²) in [7, 11) is 1.80. The topological polar surface area (TPSA) is 64.1 Å². The first-order chi connectivity index (χ1) is 12.9. The maximum atomic E-state index is 5.75. The fraction of sp³-hybridized carbons (Fsp3) is 0.650. The van der Waals surface area contributed by atoms with Crippen LogP contribution >= 0.6 is 0 Å². The first-order valence-electron chi connectivity index (χ1n) is 9.64. The number of guanidine groups is 1. The number of nitrogens with zero attached hydrogens (tertiary/aromatic N) is 1. The molecular formula is C20H33N3O3. The third-order valence-electron chi connectivity index (χ3n) is 4.20. The largest absolute Gasteiger partial charge is 0.379 e. The molecule has 1 aromatic carbocycles. The van der Waals surface area contributed by atoms with Crippen molar-refractivity contribution in [2.24, 2.45) is 4.99 Å². The maximum Gasteiger partial charge on any atom is 0.190 e. The first-order valence-corrected chi connectivity index (χ1v) is 9.64. The zero-order valence-corrected chi connectivity index (χ0v) is 15.9. The molecule has 1 aromatic rings. The number of ether oxygens (including phenoxy) is 3. The van der Waals surface area contributed by atoms with Gasteiger partial charge in [-0.25, -0.2) is 0 Å². The molecule has 1 unspecified atom stereocenters. The quantitative estimate of drug-likeness (QED) is 0.339. The van der Waals surface area contributed by atoms with Crippen LogP contribution in [0.3, 0.4) is 0 Å². The summed E-state index contributed by atoms with van der Waals surface area (Å²) in [5.74, 6) is 0.847. The zero-order valence-electron chi connectivity index (χ0n) is 15.9. The summed E-state index contributed by atoms with van der Waals surface area (Å²) in [6, 6.07) is 10.3. The van der Waals surface area contributed by atoms with Gasteiger partial charge in [0, 0.05) is 40.0 Å². The summed E-state index contributed by atoms with van der Waals surface area (Å²) in [5.41, 5.74) is 1.22. The average molecular weight is 364 g/mol. The van der Waals surface area contributed by atoms with Crippen molar-refractivity contribution < 1.29 is 14.2 Å². The summed E-state index contributed by atoms with van der Waals surface area (Å²) in [4.78, 5) is 4.24. The van der Waals surface area contributed by atoms with Crippen LogP contribution in [-0.4, -0.2) is 58.6 Å². The van der Waals surface area contributed by atoms with E-state index in [1.54, 1.807) is 7.05 Å². The van der Waals surface area contributed by atoms with E-state index in [1.807, 2.05) is 18.2 Å². The summed E-state index contributed by atoms with van der Waals surface area (Å²) < 4.78 is 16.7. The lowest BCUT2D eigenvalue weighted by Gasteiger charge is -2.13. The molecular weight excluding hydrogens is 330 g/mol. The van der Waals surface area contributed by atoms with Gasteiger partial charge in [0.1, 0.15) is 0 Å². The SMILES string of the molecule is CN=C(NCCCCOCc1ccccc1)NCCCOC1CCOC1. The minimum absolute atomic E-state index is 0.288. The second kappa shape index (κ2) is 13.6. The van der Waals surface area contributed by atoms with E-state index in [0.29, 0.717) is 6.61 Å². The Bertz CT molecular complexity index is 490. The molecule has 0 amide bonds. The molecule has 26 heavy (non-hydrogen) atoms. The highest BCUT2D eigenvalue weighted by atomic mass is 16.5. The normalized spacial score (nSPS) is 17.4. The third-order valence-corrected chi connectivity index (χ3v) is 4.20. The number of benzene rings is 1. The molecule has 0 saturated carbocycles. The fourth-order valence-electron chi connectivity index (χ4n) is 2.69. The van der Waals surface area contributed by atoms with Gasteiger partial charge in [-0.15, -0.1) is 0 Å². The molecule has 0 spiro atoms. The van der Waals surface area contributed by atoms with E-state index < -0.39 is 0 Å². The number of hydrogen-bond donors (Lipinski definition) is 2. The van der Waals surface area contributed by atoms with Crippen molar-refractivity contribution in [1.29, 1.82) is 0 Å². The van der Waals surface area contributed by atoms with Crippen molar-refractivity contribution in [3.63, 3.8) is 0 Å². The van der Waals surface area contributed by atoms with E-state index >= 15 is 0 Å². The Kier molecular flexibility index (Phi) is 10.8. The lowest BCUT2D eigenvalue weighted by molar-refractivity contribution is 0.0420. The zero-order chi connectivity index (χ0) is 18.3. The van der Waals surface area contributed by atoms with Gasteiger partial charge in [-0.1, -0.05) is 30.3 Å². The van der Waals surface area contributed by atoms with E-state index in [1.165, 1.54) is 5.56 Å². The number of unbranched alkanes of at least 4 members (excludes halogenated alkanes) is 1. The van der Waals surface area contributed by atoms with Gasteiger partial charge in [-0.05, 0) is 31.2 Å². The fourth-order valence-corrected chi connectivity index (χ4v) is 2.69. The first kappa shape index (κ1) is 20.7. The molecule has 0 aliphatic carbocycles. The van der Waals surface area contributed by atoms with Gasteiger partial charge in [0.2, 0.25) is 0 Å². The molecule has 146 valence electrons.